The summed E-state index contributed by atoms with van der Waals surface area (Å²) in [5.41, 5.74) is 0.917. The number of esters is 1. The topological polar surface area (TPSA) is 52.6 Å². The van der Waals surface area contributed by atoms with Crippen LogP contribution in [-0.4, -0.2) is 24.1 Å². The van der Waals surface area contributed by atoms with Crippen molar-refractivity contribution in [1.82, 2.24) is 0 Å². The molecule has 2 aromatic carbocycles. The Labute approximate surface area is 129 Å². The zero-order chi connectivity index (χ0) is 15.7. The number of fused-ring (bicyclic) bond motifs is 1. The van der Waals surface area contributed by atoms with E-state index in [0.29, 0.717) is 0 Å². The van der Waals surface area contributed by atoms with Gasteiger partial charge in [0.15, 0.2) is 5.78 Å². The number of cyclic esters (lactones) is 1. The van der Waals surface area contributed by atoms with Crippen LogP contribution in [0.4, 0.5) is 0 Å². The minimum atomic E-state index is -0.951. The molecule has 0 N–H and O–H groups in total. The van der Waals surface area contributed by atoms with Crippen molar-refractivity contribution in [3.8, 4) is 0 Å². The first-order valence-corrected chi connectivity index (χ1v) is 7.32. The van der Waals surface area contributed by atoms with Crippen LogP contribution in [0.25, 0.3) is 10.8 Å². The highest BCUT2D eigenvalue weighted by molar-refractivity contribution is 6.02. The van der Waals surface area contributed by atoms with E-state index in [-0.39, 0.29) is 18.8 Å². The molecule has 4 heteroatoms. The zero-order valence-electron chi connectivity index (χ0n) is 12.7. The zero-order valence-corrected chi connectivity index (χ0v) is 12.7. The molecule has 1 fully saturated rings. The highest BCUT2D eigenvalue weighted by Crippen LogP contribution is 2.25. The summed E-state index contributed by atoms with van der Waals surface area (Å²) in [6, 6.07) is 13.7. The molecule has 1 atom stereocenters. The van der Waals surface area contributed by atoms with E-state index in [1.54, 1.807) is 13.8 Å². The largest absolute Gasteiger partial charge is 0.433 e. The van der Waals surface area contributed by atoms with Gasteiger partial charge >= 0.3 is 5.97 Å². The molecule has 2 aromatic rings. The molecule has 1 unspecified atom stereocenters. The number of hydrogen-bond donors (Lipinski definition) is 0. The van der Waals surface area contributed by atoms with Gasteiger partial charge < -0.3 is 9.47 Å². The SMILES string of the molecule is CC1(C)OCC(C(=O)Cc2cccc3ccccc23)C(=O)O1. The lowest BCUT2D eigenvalue weighted by molar-refractivity contribution is -0.245. The average molecular weight is 298 g/mol. The summed E-state index contributed by atoms with van der Waals surface area (Å²) in [5.74, 6) is -2.46. The van der Waals surface area contributed by atoms with Gasteiger partial charge in [0.2, 0.25) is 5.79 Å². The Bertz CT molecular complexity index is 727. The van der Waals surface area contributed by atoms with E-state index in [2.05, 4.69) is 0 Å². The fraction of sp³-hybridized carbons (Fsp3) is 0.333. The highest BCUT2D eigenvalue weighted by Gasteiger charge is 2.39. The summed E-state index contributed by atoms with van der Waals surface area (Å²) in [6.07, 6.45) is 0.199. The summed E-state index contributed by atoms with van der Waals surface area (Å²) in [6.45, 7) is 3.40. The van der Waals surface area contributed by atoms with E-state index in [0.717, 1.165) is 16.3 Å². The Morgan fingerprint density at radius 2 is 1.91 bits per heavy atom. The number of ether oxygens (including phenoxy) is 2. The quantitative estimate of drug-likeness (QED) is 0.646. The third-order valence-corrected chi connectivity index (χ3v) is 3.86. The second kappa shape index (κ2) is 5.54. The molecule has 0 radical (unpaired) electrons. The Morgan fingerprint density at radius 3 is 2.68 bits per heavy atom. The monoisotopic (exact) mass is 298 g/mol. The normalized spacial score (nSPS) is 20.6. The van der Waals surface area contributed by atoms with E-state index in [1.807, 2.05) is 42.5 Å². The fourth-order valence-corrected chi connectivity index (χ4v) is 2.68. The standard InChI is InChI=1S/C18H18O4/c1-18(2)21-11-15(17(20)22-18)16(19)10-13-8-5-7-12-6-3-4-9-14(12)13/h3-9,15H,10-11H2,1-2H3. The van der Waals surface area contributed by atoms with Crippen LogP contribution in [0.2, 0.25) is 0 Å². The minimum Gasteiger partial charge on any atom is -0.433 e. The maximum atomic E-state index is 12.5. The molecule has 114 valence electrons. The lowest BCUT2D eigenvalue weighted by Gasteiger charge is -2.33. The van der Waals surface area contributed by atoms with Crippen molar-refractivity contribution in [2.75, 3.05) is 6.61 Å². The van der Waals surface area contributed by atoms with Crippen molar-refractivity contribution in [3.63, 3.8) is 0 Å². The van der Waals surface area contributed by atoms with Crippen LogP contribution in [-0.2, 0) is 25.5 Å². The van der Waals surface area contributed by atoms with Gasteiger partial charge in [-0.2, -0.15) is 0 Å². The summed E-state index contributed by atoms with van der Waals surface area (Å²) < 4.78 is 10.6. The molecule has 0 aromatic heterocycles. The third kappa shape index (κ3) is 2.88. The number of ketones is 1. The highest BCUT2D eigenvalue weighted by atomic mass is 16.7. The van der Waals surface area contributed by atoms with Gasteiger partial charge in [0, 0.05) is 20.3 Å². The van der Waals surface area contributed by atoms with Crippen LogP contribution in [0.5, 0.6) is 0 Å². The van der Waals surface area contributed by atoms with Gasteiger partial charge in [-0.3, -0.25) is 9.59 Å². The van der Waals surface area contributed by atoms with Crippen molar-refractivity contribution < 1.29 is 19.1 Å². The van der Waals surface area contributed by atoms with Gasteiger partial charge in [0.05, 0.1) is 6.61 Å². The van der Waals surface area contributed by atoms with E-state index in [4.69, 9.17) is 9.47 Å². The van der Waals surface area contributed by atoms with E-state index >= 15 is 0 Å². The van der Waals surface area contributed by atoms with E-state index in [1.165, 1.54) is 0 Å². The van der Waals surface area contributed by atoms with Gasteiger partial charge in [-0.15, -0.1) is 0 Å². The molecule has 0 bridgehead atoms. The number of benzene rings is 2. The molecule has 0 spiro atoms. The summed E-state index contributed by atoms with van der Waals surface area (Å²) >= 11 is 0. The summed E-state index contributed by atoms with van der Waals surface area (Å²) in [4.78, 5) is 24.4. The van der Waals surface area contributed by atoms with Crippen LogP contribution in [0.3, 0.4) is 0 Å². The maximum absolute atomic E-state index is 12.5. The molecule has 0 aliphatic carbocycles. The molecular weight excluding hydrogens is 280 g/mol. The maximum Gasteiger partial charge on any atom is 0.321 e. The van der Waals surface area contributed by atoms with Crippen LogP contribution >= 0.6 is 0 Å². The lowest BCUT2D eigenvalue weighted by atomic mass is 9.94. The first-order chi connectivity index (χ1) is 10.5. The number of hydrogen-bond acceptors (Lipinski definition) is 4. The first-order valence-electron chi connectivity index (χ1n) is 7.32. The van der Waals surface area contributed by atoms with Gasteiger partial charge in [-0.1, -0.05) is 42.5 Å². The van der Waals surface area contributed by atoms with E-state index < -0.39 is 17.7 Å². The predicted molar refractivity (Wildman–Crippen MR) is 82.3 cm³/mol. The van der Waals surface area contributed by atoms with Gasteiger partial charge in [0.1, 0.15) is 5.92 Å². The second-order valence-corrected chi connectivity index (χ2v) is 5.97. The third-order valence-electron chi connectivity index (χ3n) is 3.86. The molecule has 22 heavy (non-hydrogen) atoms. The summed E-state index contributed by atoms with van der Waals surface area (Å²) in [5, 5.41) is 2.11. The Balaban J connectivity index is 1.81. The van der Waals surface area contributed by atoms with Crippen molar-refractivity contribution >= 4 is 22.5 Å². The number of rotatable bonds is 3. The molecule has 3 rings (SSSR count). The molecule has 0 saturated carbocycles. The fourth-order valence-electron chi connectivity index (χ4n) is 2.68. The van der Waals surface area contributed by atoms with E-state index in [9.17, 15) is 9.59 Å². The first kappa shape index (κ1) is 14.7. The van der Waals surface area contributed by atoms with Crippen LogP contribution in [0.15, 0.2) is 42.5 Å². The smallest absolute Gasteiger partial charge is 0.321 e. The molecule has 0 amide bonds. The molecule has 4 nitrogen and oxygen atoms in total. The van der Waals surface area contributed by atoms with Crippen molar-refractivity contribution in [1.29, 1.82) is 0 Å². The number of carbonyl (C=O) groups excluding carboxylic acids is 2. The van der Waals surface area contributed by atoms with Gasteiger partial charge in [-0.25, -0.2) is 0 Å². The van der Waals surface area contributed by atoms with Crippen molar-refractivity contribution in [2.45, 2.75) is 26.1 Å². The average Bonchev–Trinajstić information content (AvgIpc) is 2.46. The Morgan fingerprint density at radius 1 is 1.18 bits per heavy atom. The molecule has 1 aliphatic rings. The Hall–Kier alpha value is -2.20. The molecule has 1 heterocycles. The predicted octanol–water partition coefficient (Wildman–Crippen LogP) is 2.88. The molecule has 1 aliphatic heterocycles. The lowest BCUT2D eigenvalue weighted by Crippen LogP contribution is -2.46. The van der Waals surface area contributed by atoms with Gasteiger partial charge in [-0.05, 0) is 16.3 Å². The summed E-state index contributed by atoms with van der Waals surface area (Å²) in [7, 11) is 0. The van der Waals surface area contributed by atoms with Crippen LogP contribution < -0.4 is 0 Å². The minimum absolute atomic E-state index is 0.0788. The molecular formula is C18H18O4. The van der Waals surface area contributed by atoms with Crippen molar-refractivity contribution in [2.24, 2.45) is 5.92 Å². The second-order valence-electron chi connectivity index (χ2n) is 5.97. The van der Waals surface area contributed by atoms with Crippen LogP contribution in [0, 0.1) is 5.92 Å². The number of Topliss-reactive ketones (excluding diaryl/α,β-unsaturated/α-hetero) is 1. The van der Waals surface area contributed by atoms with Crippen LogP contribution in [0.1, 0.15) is 19.4 Å². The number of carbonyl (C=O) groups is 2. The molecule has 1 saturated heterocycles. The van der Waals surface area contributed by atoms with Crippen molar-refractivity contribution in [3.05, 3.63) is 48.0 Å². The Kier molecular flexibility index (Phi) is 3.71. The van der Waals surface area contributed by atoms with Gasteiger partial charge in [0.25, 0.3) is 0 Å².